The van der Waals surface area contributed by atoms with Crippen molar-refractivity contribution in [1.82, 2.24) is 4.90 Å². The van der Waals surface area contributed by atoms with Gasteiger partial charge in [-0.25, -0.2) is 4.39 Å². The fraction of sp³-hybridized carbons (Fsp3) is 0.611. The molecular weight excluding hydrogens is 265 g/mol. The van der Waals surface area contributed by atoms with Gasteiger partial charge in [0.15, 0.2) is 0 Å². The molecule has 1 amide bonds. The summed E-state index contributed by atoms with van der Waals surface area (Å²) in [6.07, 6.45) is 3.15. The number of carbonyl (C=O) groups is 1. The van der Waals surface area contributed by atoms with Gasteiger partial charge in [0.05, 0.1) is 5.56 Å². The Labute approximate surface area is 127 Å². The first kappa shape index (κ1) is 16.0. The highest BCUT2D eigenvalue weighted by atomic mass is 19.1. The molecule has 116 valence electrons. The summed E-state index contributed by atoms with van der Waals surface area (Å²) in [6.45, 7) is 10.1. The highest BCUT2D eigenvalue weighted by Gasteiger charge is 2.29. The van der Waals surface area contributed by atoms with E-state index in [0.717, 1.165) is 37.9 Å². The summed E-state index contributed by atoms with van der Waals surface area (Å²) in [6, 6.07) is 4.74. The first-order valence-corrected chi connectivity index (χ1v) is 7.84. The van der Waals surface area contributed by atoms with Gasteiger partial charge in [-0.3, -0.25) is 4.79 Å². The zero-order valence-corrected chi connectivity index (χ0v) is 13.6. The van der Waals surface area contributed by atoms with E-state index >= 15 is 0 Å². The van der Waals surface area contributed by atoms with Crippen LogP contribution in [0, 0.1) is 24.1 Å². The van der Waals surface area contributed by atoms with Gasteiger partial charge in [0.2, 0.25) is 0 Å². The van der Waals surface area contributed by atoms with Gasteiger partial charge >= 0.3 is 0 Å². The summed E-state index contributed by atoms with van der Waals surface area (Å²) in [7, 11) is 0. The third-order valence-corrected chi connectivity index (χ3v) is 4.59. The number of carbonyl (C=O) groups excluding carboxylic acids is 1. The number of benzene rings is 1. The quantitative estimate of drug-likeness (QED) is 0.750. The van der Waals surface area contributed by atoms with E-state index in [9.17, 15) is 9.18 Å². The van der Waals surface area contributed by atoms with E-state index in [2.05, 4.69) is 20.8 Å². The van der Waals surface area contributed by atoms with Crippen molar-refractivity contribution in [1.29, 1.82) is 0 Å². The van der Waals surface area contributed by atoms with Crippen LogP contribution in [0.25, 0.3) is 0 Å². The number of rotatable bonds is 1. The molecule has 21 heavy (non-hydrogen) atoms. The second kappa shape index (κ2) is 6.17. The van der Waals surface area contributed by atoms with Crippen LogP contribution in [0.1, 0.15) is 56.0 Å². The number of amides is 1. The molecule has 0 radical (unpaired) electrons. The molecule has 0 N–H and O–H groups in total. The predicted octanol–water partition coefficient (Wildman–Crippen LogP) is 4.42. The Morgan fingerprint density at radius 3 is 2.62 bits per heavy atom. The van der Waals surface area contributed by atoms with Crippen molar-refractivity contribution < 1.29 is 9.18 Å². The molecule has 1 atom stereocenters. The van der Waals surface area contributed by atoms with Crippen LogP contribution in [0.4, 0.5) is 4.39 Å². The lowest BCUT2D eigenvalue weighted by Crippen LogP contribution is -2.33. The van der Waals surface area contributed by atoms with Gasteiger partial charge < -0.3 is 4.90 Å². The number of hydrogen-bond donors (Lipinski definition) is 0. The van der Waals surface area contributed by atoms with Gasteiger partial charge in [-0.1, -0.05) is 32.4 Å². The topological polar surface area (TPSA) is 20.3 Å². The molecule has 1 aromatic carbocycles. The summed E-state index contributed by atoms with van der Waals surface area (Å²) < 4.78 is 13.9. The van der Waals surface area contributed by atoms with Gasteiger partial charge in [0.1, 0.15) is 5.82 Å². The van der Waals surface area contributed by atoms with Crippen molar-refractivity contribution in [3.8, 4) is 0 Å². The van der Waals surface area contributed by atoms with Gasteiger partial charge in [-0.05, 0) is 49.7 Å². The summed E-state index contributed by atoms with van der Waals surface area (Å²) in [5, 5.41) is 0. The van der Waals surface area contributed by atoms with E-state index in [1.165, 1.54) is 6.07 Å². The SMILES string of the molecule is Cc1ccc(F)c(C(=O)N2CCCC(C(C)(C)C)CC2)c1. The Kier molecular flexibility index (Phi) is 4.70. The molecule has 1 saturated heterocycles. The van der Waals surface area contributed by atoms with Crippen LogP contribution < -0.4 is 0 Å². The Balaban J connectivity index is 2.12. The molecule has 2 rings (SSSR count). The van der Waals surface area contributed by atoms with Crippen LogP contribution in [0.5, 0.6) is 0 Å². The minimum Gasteiger partial charge on any atom is -0.339 e. The molecule has 1 aromatic rings. The Morgan fingerprint density at radius 1 is 1.24 bits per heavy atom. The maximum absolute atomic E-state index is 13.9. The number of hydrogen-bond acceptors (Lipinski definition) is 1. The maximum atomic E-state index is 13.9. The molecule has 1 aliphatic rings. The van der Waals surface area contributed by atoms with Crippen molar-refractivity contribution in [2.45, 2.75) is 47.0 Å². The third kappa shape index (κ3) is 3.84. The summed E-state index contributed by atoms with van der Waals surface area (Å²) in [5.74, 6) is 0.0469. The number of halogens is 1. The number of likely N-dealkylation sites (tertiary alicyclic amines) is 1. The predicted molar refractivity (Wildman–Crippen MR) is 83.8 cm³/mol. The fourth-order valence-electron chi connectivity index (χ4n) is 3.14. The highest BCUT2D eigenvalue weighted by Crippen LogP contribution is 2.34. The molecule has 1 heterocycles. The van der Waals surface area contributed by atoms with E-state index in [0.29, 0.717) is 5.92 Å². The molecular formula is C18H26FNO. The van der Waals surface area contributed by atoms with Gasteiger partial charge in [-0.15, -0.1) is 0 Å². The highest BCUT2D eigenvalue weighted by molar-refractivity contribution is 5.94. The minimum atomic E-state index is -0.415. The van der Waals surface area contributed by atoms with Crippen molar-refractivity contribution in [2.24, 2.45) is 11.3 Å². The lowest BCUT2D eigenvalue weighted by molar-refractivity contribution is 0.0751. The summed E-state index contributed by atoms with van der Waals surface area (Å²) in [5.41, 5.74) is 1.40. The lowest BCUT2D eigenvalue weighted by Gasteiger charge is -2.29. The lowest BCUT2D eigenvalue weighted by atomic mass is 9.77. The van der Waals surface area contributed by atoms with Gasteiger partial charge in [-0.2, -0.15) is 0 Å². The van der Waals surface area contributed by atoms with Crippen molar-refractivity contribution in [2.75, 3.05) is 13.1 Å². The normalized spacial score (nSPS) is 20.2. The second-order valence-corrected chi connectivity index (χ2v) is 7.27. The van der Waals surface area contributed by atoms with Crippen molar-refractivity contribution in [3.05, 3.63) is 35.1 Å². The molecule has 0 saturated carbocycles. The summed E-state index contributed by atoms with van der Waals surface area (Å²) in [4.78, 5) is 14.4. The van der Waals surface area contributed by atoms with Gasteiger partial charge in [0, 0.05) is 13.1 Å². The average Bonchev–Trinajstić information content (AvgIpc) is 2.66. The molecule has 0 aromatic heterocycles. The van der Waals surface area contributed by atoms with Crippen LogP contribution in [-0.2, 0) is 0 Å². The zero-order valence-electron chi connectivity index (χ0n) is 13.6. The van der Waals surface area contributed by atoms with E-state index in [4.69, 9.17) is 0 Å². The third-order valence-electron chi connectivity index (χ3n) is 4.59. The Hall–Kier alpha value is -1.38. The minimum absolute atomic E-state index is 0.161. The molecule has 0 bridgehead atoms. The van der Waals surface area contributed by atoms with Crippen LogP contribution in [0.3, 0.4) is 0 Å². The van der Waals surface area contributed by atoms with Crippen LogP contribution in [0.2, 0.25) is 0 Å². The van der Waals surface area contributed by atoms with Crippen LogP contribution in [0.15, 0.2) is 18.2 Å². The standard InChI is InChI=1S/C18H26FNO/c1-13-7-8-16(19)15(12-13)17(21)20-10-5-6-14(9-11-20)18(2,3)4/h7-8,12,14H,5-6,9-11H2,1-4H3. The van der Waals surface area contributed by atoms with Crippen LogP contribution >= 0.6 is 0 Å². The van der Waals surface area contributed by atoms with E-state index < -0.39 is 5.82 Å². The van der Waals surface area contributed by atoms with E-state index in [-0.39, 0.29) is 16.9 Å². The summed E-state index contributed by atoms with van der Waals surface area (Å²) >= 11 is 0. The molecule has 2 nitrogen and oxygen atoms in total. The number of aryl methyl sites for hydroxylation is 1. The molecule has 0 aliphatic carbocycles. The largest absolute Gasteiger partial charge is 0.339 e. The molecule has 0 spiro atoms. The smallest absolute Gasteiger partial charge is 0.256 e. The Bertz CT molecular complexity index is 518. The molecule has 1 aliphatic heterocycles. The monoisotopic (exact) mass is 291 g/mol. The van der Waals surface area contributed by atoms with Crippen LogP contribution in [-0.4, -0.2) is 23.9 Å². The molecule has 1 unspecified atom stereocenters. The molecule has 3 heteroatoms. The second-order valence-electron chi connectivity index (χ2n) is 7.27. The number of nitrogens with zero attached hydrogens (tertiary/aromatic N) is 1. The molecule has 1 fully saturated rings. The maximum Gasteiger partial charge on any atom is 0.256 e. The van der Waals surface area contributed by atoms with Crippen molar-refractivity contribution in [3.63, 3.8) is 0 Å². The van der Waals surface area contributed by atoms with Gasteiger partial charge in [0.25, 0.3) is 5.91 Å². The van der Waals surface area contributed by atoms with E-state index in [1.54, 1.807) is 12.1 Å². The van der Waals surface area contributed by atoms with Crippen molar-refractivity contribution >= 4 is 5.91 Å². The zero-order chi connectivity index (χ0) is 15.6. The Morgan fingerprint density at radius 2 is 1.95 bits per heavy atom. The average molecular weight is 291 g/mol. The first-order valence-electron chi connectivity index (χ1n) is 7.84. The fourth-order valence-corrected chi connectivity index (χ4v) is 3.14. The first-order chi connectivity index (χ1) is 9.79. The van der Waals surface area contributed by atoms with E-state index in [1.807, 2.05) is 11.8 Å².